The van der Waals surface area contributed by atoms with Crippen molar-refractivity contribution in [2.45, 2.75) is 30.7 Å². The lowest BCUT2D eigenvalue weighted by atomic mass is 9.96. The Morgan fingerprint density at radius 2 is 1.63 bits per heavy atom. The molecule has 1 N–H and O–H groups in total. The minimum Gasteiger partial charge on any atom is -0.349 e. The molecule has 1 heterocycles. The fourth-order valence-corrected chi connectivity index (χ4v) is 4.76. The second-order valence-corrected chi connectivity index (χ2v) is 11.2. The summed E-state index contributed by atoms with van der Waals surface area (Å²) in [4.78, 5) is 12.7. The molecule has 0 unspecified atom stereocenters. The van der Waals surface area contributed by atoms with Crippen LogP contribution < -0.4 is 5.32 Å². The molecule has 0 bridgehead atoms. The number of rotatable bonds is 6. The number of benzene rings is 1. The second kappa shape index (κ2) is 8.26. The van der Waals surface area contributed by atoms with Crippen LogP contribution in [-0.2, 0) is 24.8 Å². The Labute approximate surface area is 161 Å². The highest BCUT2D eigenvalue weighted by molar-refractivity contribution is 7.90. The van der Waals surface area contributed by atoms with Gasteiger partial charge in [-0.3, -0.25) is 4.79 Å². The molecule has 2 rings (SSSR count). The summed E-state index contributed by atoms with van der Waals surface area (Å²) in [5, 5.41) is 2.93. The highest BCUT2D eigenvalue weighted by Crippen LogP contribution is 2.22. The van der Waals surface area contributed by atoms with Crippen LogP contribution in [0.4, 0.5) is 0 Å². The average molecular weight is 418 g/mol. The van der Waals surface area contributed by atoms with E-state index in [1.807, 2.05) is 6.92 Å². The van der Waals surface area contributed by atoms with Crippen molar-refractivity contribution >= 4 is 26.0 Å². The van der Waals surface area contributed by atoms with Gasteiger partial charge in [-0.15, -0.1) is 0 Å². The van der Waals surface area contributed by atoms with Crippen LogP contribution in [-0.4, -0.2) is 64.8 Å². The Morgan fingerprint density at radius 1 is 1.11 bits per heavy atom. The molecule has 0 saturated carbocycles. The van der Waals surface area contributed by atoms with E-state index in [2.05, 4.69) is 5.32 Å². The van der Waals surface area contributed by atoms with Gasteiger partial charge in [0.25, 0.3) is 10.2 Å². The topological polar surface area (TPSA) is 104 Å². The van der Waals surface area contributed by atoms with E-state index in [9.17, 15) is 21.6 Å². The molecule has 1 aliphatic heterocycles. The van der Waals surface area contributed by atoms with Crippen molar-refractivity contribution in [1.82, 2.24) is 13.9 Å². The molecule has 152 valence electrons. The summed E-state index contributed by atoms with van der Waals surface area (Å²) in [6.07, 6.45) is 2.09. The first-order chi connectivity index (χ1) is 12.4. The van der Waals surface area contributed by atoms with E-state index in [1.54, 1.807) is 12.1 Å². The van der Waals surface area contributed by atoms with Gasteiger partial charge in [0.15, 0.2) is 9.84 Å². The largest absolute Gasteiger partial charge is 0.349 e. The Bertz CT molecular complexity index is 872. The molecule has 8 nitrogen and oxygen atoms in total. The molecule has 1 aromatic carbocycles. The Balaban J connectivity index is 1.94. The lowest BCUT2D eigenvalue weighted by molar-refractivity contribution is -0.126. The number of piperidine rings is 1. The normalized spacial score (nSPS) is 18.4. The van der Waals surface area contributed by atoms with Crippen LogP contribution in [0.2, 0.25) is 0 Å². The predicted molar refractivity (Wildman–Crippen MR) is 103 cm³/mol. The molecule has 1 aromatic rings. The Kier molecular flexibility index (Phi) is 6.67. The van der Waals surface area contributed by atoms with Gasteiger partial charge in [-0.1, -0.05) is 12.1 Å². The quantitative estimate of drug-likeness (QED) is 0.737. The van der Waals surface area contributed by atoms with Gasteiger partial charge < -0.3 is 5.32 Å². The third kappa shape index (κ3) is 5.28. The molecular weight excluding hydrogens is 390 g/mol. The third-order valence-electron chi connectivity index (χ3n) is 4.78. The van der Waals surface area contributed by atoms with Crippen LogP contribution in [0.15, 0.2) is 29.2 Å². The van der Waals surface area contributed by atoms with Crippen molar-refractivity contribution in [1.29, 1.82) is 0 Å². The smallest absolute Gasteiger partial charge is 0.281 e. The average Bonchev–Trinajstić information content (AvgIpc) is 2.61. The van der Waals surface area contributed by atoms with E-state index in [4.69, 9.17) is 0 Å². The number of nitrogens with one attached hydrogen (secondary N) is 1. The number of carbonyl (C=O) groups is 1. The molecule has 27 heavy (non-hydrogen) atoms. The van der Waals surface area contributed by atoms with E-state index >= 15 is 0 Å². The summed E-state index contributed by atoms with van der Waals surface area (Å²) in [6.45, 7) is 2.46. The van der Waals surface area contributed by atoms with E-state index in [-0.39, 0.29) is 22.8 Å². The number of hydrogen-bond acceptors (Lipinski definition) is 5. The predicted octanol–water partition coefficient (Wildman–Crippen LogP) is 0.786. The number of sulfone groups is 1. The van der Waals surface area contributed by atoms with Crippen LogP contribution in [0.25, 0.3) is 0 Å². The maximum absolute atomic E-state index is 12.5. The van der Waals surface area contributed by atoms with E-state index in [0.717, 1.165) is 11.8 Å². The summed E-state index contributed by atoms with van der Waals surface area (Å²) < 4.78 is 49.9. The first-order valence-electron chi connectivity index (χ1n) is 8.71. The van der Waals surface area contributed by atoms with Crippen molar-refractivity contribution in [2.75, 3.05) is 33.4 Å². The number of nitrogens with zero attached hydrogens (tertiary/aromatic N) is 2. The molecule has 0 radical (unpaired) electrons. The summed E-state index contributed by atoms with van der Waals surface area (Å²) in [5.74, 6) is -0.354. The lowest BCUT2D eigenvalue weighted by Crippen LogP contribution is -2.47. The summed E-state index contributed by atoms with van der Waals surface area (Å²) in [7, 11) is -3.72. The van der Waals surface area contributed by atoms with Gasteiger partial charge in [0.1, 0.15) is 0 Å². The third-order valence-corrected chi connectivity index (χ3v) is 7.85. The van der Waals surface area contributed by atoms with E-state index in [0.29, 0.717) is 25.9 Å². The van der Waals surface area contributed by atoms with Crippen molar-refractivity contribution < 1.29 is 21.6 Å². The zero-order valence-corrected chi connectivity index (χ0v) is 17.7. The molecule has 1 amide bonds. The van der Waals surface area contributed by atoms with Gasteiger partial charge in [0.05, 0.1) is 10.9 Å². The van der Waals surface area contributed by atoms with Crippen molar-refractivity contribution in [3.63, 3.8) is 0 Å². The van der Waals surface area contributed by atoms with E-state index in [1.165, 1.54) is 34.8 Å². The molecule has 1 saturated heterocycles. The summed E-state index contributed by atoms with van der Waals surface area (Å²) >= 11 is 0. The van der Waals surface area contributed by atoms with Crippen LogP contribution in [0.5, 0.6) is 0 Å². The summed E-state index contributed by atoms with van der Waals surface area (Å²) in [5.41, 5.74) is 0.809. The Morgan fingerprint density at radius 3 is 2.07 bits per heavy atom. The zero-order chi connectivity index (χ0) is 20.4. The molecule has 1 atom stereocenters. The molecule has 10 heteroatoms. The Hall–Kier alpha value is -1.49. The summed E-state index contributed by atoms with van der Waals surface area (Å²) in [6, 6.07) is 6.16. The van der Waals surface area contributed by atoms with Gasteiger partial charge in [-0.05, 0) is 37.5 Å². The monoisotopic (exact) mass is 417 g/mol. The van der Waals surface area contributed by atoms with Crippen LogP contribution in [0.1, 0.15) is 31.4 Å². The second-order valence-electron chi connectivity index (χ2n) is 7.03. The van der Waals surface area contributed by atoms with Gasteiger partial charge >= 0.3 is 0 Å². The highest BCUT2D eigenvalue weighted by atomic mass is 32.2. The maximum atomic E-state index is 12.5. The number of carbonyl (C=O) groups excluding carboxylic acids is 1. The van der Waals surface area contributed by atoms with Gasteiger partial charge in [0, 0.05) is 39.4 Å². The van der Waals surface area contributed by atoms with Gasteiger partial charge in [0.2, 0.25) is 5.91 Å². The number of hydrogen-bond donors (Lipinski definition) is 1. The highest BCUT2D eigenvalue weighted by Gasteiger charge is 2.32. The molecule has 0 aromatic heterocycles. The first kappa shape index (κ1) is 21.8. The molecular formula is C17H27N3O5S2. The van der Waals surface area contributed by atoms with Gasteiger partial charge in [-0.25, -0.2) is 8.42 Å². The van der Waals surface area contributed by atoms with Crippen LogP contribution in [0.3, 0.4) is 0 Å². The fraction of sp³-hybridized carbons (Fsp3) is 0.588. The molecule has 0 spiro atoms. The molecule has 0 aliphatic carbocycles. The van der Waals surface area contributed by atoms with E-state index < -0.39 is 20.0 Å². The van der Waals surface area contributed by atoms with Gasteiger partial charge in [-0.2, -0.15) is 17.0 Å². The molecule has 1 aliphatic rings. The van der Waals surface area contributed by atoms with Crippen molar-refractivity contribution in [2.24, 2.45) is 5.92 Å². The molecule has 1 fully saturated rings. The first-order valence-corrected chi connectivity index (χ1v) is 12.0. The zero-order valence-electron chi connectivity index (χ0n) is 16.0. The standard InChI is InChI=1S/C17H27N3O5S2/c1-13(14-5-7-16(8-6-14)26(4,22)23)18-17(21)15-9-11-20(12-10-15)27(24,25)19(2)3/h5-8,13,15H,9-12H2,1-4H3,(H,18,21)/t13-/m0/s1. The van der Waals surface area contributed by atoms with Crippen molar-refractivity contribution in [3.05, 3.63) is 29.8 Å². The van der Waals surface area contributed by atoms with Crippen molar-refractivity contribution in [3.8, 4) is 0 Å². The SMILES string of the molecule is C[C@H](NC(=O)C1CCN(S(=O)(=O)N(C)C)CC1)c1ccc(S(C)(=O)=O)cc1. The van der Waals surface area contributed by atoms with Crippen LogP contribution >= 0.6 is 0 Å². The van der Waals surface area contributed by atoms with Crippen LogP contribution in [0, 0.1) is 5.92 Å². The maximum Gasteiger partial charge on any atom is 0.281 e. The fourth-order valence-electron chi connectivity index (χ4n) is 3.00. The minimum absolute atomic E-state index is 0.114. The lowest BCUT2D eigenvalue weighted by Gasteiger charge is -2.32. The number of amides is 1. The minimum atomic E-state index is -3.45.